The molecular weight excluding hydrogens is 1700 g/mol. The number of ether oxygens (including phenoxy) is 7. The van der Waals surface area contributed by atoms with E-state index in [1.807, 2.05) is 18.2 Å². The van der Waals surface area contributed by atoms with Crippen LogP contribution in [0.4, 0.5) is 5.82 Å². The Morgan fingerprint density at radius 1 is 0.585 bits per heavy atom. The van der Waals surface area contributed by atoms with Crippen LogP contribution in [0.5, 0.6) is 11.5 Å². The number of fused-ring (bicyclic) bond motifs is 1. The van der Waals surface area contributed by atoms with E-state index in [9.17, 15) is 54.6 Å². The van der Waals surface area contributed by atoms with Crippen molar-refractivity contribution in [3.05, 3.63) is 138 Å². The molecule has 716 valence electrons. The Morgan fingerprint density at radius 3 is 1.52 bits per heavy atom. The molecule has 0 bridgehead atoms. The number of esters is 2. The van der Waals surface area contributed by atoms with Gasteiger partial charge in [-0.1, -0.05) is 276 Å². The molecule has 0 spiro atoms. The Balaban J connectivity index is 0.000000675. The summed E-state index contributed by atoms with van der Waals surface area (Å²) >= 11 is 0. The Hall–Kier alpha value is -8.86. The van der Waals surface area contributed by atoms with E-state index >= 15 is 4.79 Å². The van der Waals surface area contributed by atoms with E-state index in [2.05, 4.69) is 44.8 Å². The van der Waals surface area contributed by atoms with Crippen molar-refractivity contribution in [1.29, 1.82) is 10.5 Å². The van der Waals surface area contributed by atoms with Crippen LogP contribution in [-0.4, -0.2) is 153 Å². The van der Waals surface area contributed by atoms with Crippen LogP contribution < -0.4 is 37.7 Å². The fourth-order valence-corrected chi connectivity index (χ4v) is 19.8. The number of hydrogen-bond acceptors (Lipinski definition) is 22. The first kappa shape index (κ1) is 106. The zero-order valence-corrected chi connectivity index (χ0v) is 79.4. The maximum atomic E-state index is 16.2. The molecule has 7 N–H and O–H groups in total. The smallest absolute Gasteiger partial charge is 0.404 e. The summed E-state index contributed by atoms with van der Waals surface area (Å²) in [5.74, 6) is -1.81. The number of H-pyrrole nitrogens is 2. The first-order valence-electron chi connectivity index (χ1n) is 48.5. The molecule has 3 aliphatic rings. The number of imidazole rings is 1. The number of unbranched alkanes of at least 4 members (excludes halogenated alkanes) is 38. The Kier molecular flexibility index (Phi) is 49.4. The van der Waals surface area contributed by atoms with Crippen LogP contribution in [0.25, 0.3) is 11.2 Å². The number of carboxylic acid groups (broad SMARTS) is 1. The zero-order chi connectivity index (χ0) is 93.0. The number of aromatic nitrogens is 8. The summed E-state index contributed by atoms with van der Waals surface area (Å²) in [4.78, 5) is 111. The number of benzene rings is 2. The normalized spacial score (nSPS) is 19.4. The molecule has 2 aromatic carbocycles. The number of rotatable bonds is 65. The van der Waals surface area contributed by atoms with Crippen molar-refractivity contribution in [2.75, 3.05) is 52.0 Å². The van der Waals surface area contributed by atoms with Crippen LogP contribution in [0.2, 0.25) is 0 Å². The third-order valence-corrected chi connectivity index (χ3v) is 27.7. The van der Waals surface area contributed by atoms with Gasteiger partial charge in [-0.05, 0) is 62.9 Å². The number of aliphatic hydroxyl groups excluding tert-OH is 2. The zero-order valence-electron chi connectivity index (χ0n) is 77.7. The van der Waals surface area contributed by atoms with Crippen molar-refractivity contribution in [1.82, 2.24) is 38.6 Å². The van der Waals surface area contributed by atoms with Gasteiger partial charge in [-0.25, -0.2) is 37.7 Å². The van der Waals surface area contributed by atoms with E-state index in [1.54, 1.807) is 54.2 Å². The SMILES string of the molecule is CCCCCCCCCCCCCCCCCCCCCCOc1cc(CC(CC(=O)O)(C(=O)OC[C@H]2O[C@@H](n3cc(C)c(=O)[nH]c3=O)C[C@@H]2P=[O+]CCC#N)[C@@]2(P=[O+]CCC#N)C[C@H](n3cc(C)c(=O)[nH]c3=O)O[C@@H]2CO)cc(OCCCCCCCCCCCCCCCCCCCCCC)c1.Nc1ncnc2c1ncn2[C@H]1C[C@H](O)[C@@H](COC(=O)c2ccccc2)O1. The van der Waals surface area contributed by atoms with Gasteiger partial charge >= 0.3 is 46.2 Å². The van der Waals surface area contributed by atoms with Crippen molar-refractivity contribution in [3.63, 3.8) is 0 Å². The van der Waals surface area contributed by atoms with E-state index in [0.717, 1.165) is 55.9 Å². The fraction of sp³-hybridized carbons (Fsp3) is 0.694. The maximum Gasteiger partial charge on any atom is 0.404 e. The molecule has 9 rings (SSSR count). The molecule has 130 heavy (non-hydrogen) atoms. The van der Waals surface area contributed by atoms with Gasteiger partial charge in [0.2, 0.25) is 0 Å². The number of nitrogens with two attached hydrogens (primary N) is 1. The number of nitrogen functional groups attached to an aromatic ring is 1. The summed E-state index contributed by atoms with van der Waals surface area (Å²) in [7, 11) is 0.239. The number of aliphatic hydroxyl groups is 2. The van der Waals surface area contributed by atoms with E-state index in [-0.39, 0.29) is 70.9 Å². The average molecular weight is 1850 g/mol. The highest BCUT2D eigenvalue weighted by atomic mass is 31.1. The number of carboxylic acids is 1. The Morgan fingerprint density at radius 2 is 1.04 bits per heavy atom. The molecule has 10 atom stereocenters. The van der Waals surface area contributed by atoms with Crippen LogP contribution in [0.1, 0.15) is 355 Å². The third-order valence-electron chi connectivity index (χ3n) is 25.0. The van der Waals surface area contributed by atoms with Gasteiger partial charge in [-0.3, -0.25) is 42.8 Å². The lowest BCUT2D eigenvalue weighted by Gasteiger charge is -2.42. The molecule has 0 amide bonds. The second-order valence-corrected chi connectivity index (χ2v) is 37.7. The number of nitrogens with zero attached hydrogens (tertiary/aromatic N) is 8. The van der Waals surface area contributed by atoms with Gasteiger partial charge in [-0.2, -0.15) is 10.5 Å². The largest absolute Gasteiger partial charge is 0.493 e. The maximum absolute atomic E-state index is 16.2. The van der Waals surface area contributed by atoms with Crippen molar-refractivity contribution in [3.8, 4) is 23.6 Å². The molecular formula is C98H147N11O19P2+2. The number of aryl methyl sites for hydroxylation is 2. The average Bonchev–Trinajstić information content (AvgIpc) is 1.49. The molecule has 3 aliphatic heterocycles. The number of nitrogens with one attached hydrogen (secondary N) is 2. The molecule has 0 saturated carbocycles. The number of nitriles is 2. The van der Waals surface area contributed by atoms with Gasteiger partial charge in [0.15, 0.2) is 16.6 Å². The highest BCUT2D eigenvalue weighted by Gasteiger charge is 2.71. The minimum absolute atomic E-state index is 0.0465. The topological polar surface area (TPSA) is 426 Å². The summed E-state index contributed by atoms with van der Waals surface area (Å²) in [6.45, 7) is 6.85. The number of hydrogen-bond donors (Lipinski definition) is 6. The highest BCUT2D eigenvalue weighted by Crippen LogP contribution is 2.59. The van der Waals surface area contributed by atoms with Crippen molar-refractivity contribution in [2.45, 2.75) is 383 Å². The van der Waals surface area contributed by atoms with Gasteiger partial charge < -0.3 is 54.2 Å². The molecule has 4 aromatic heterocycles. The van der Waals surface area contributed by atoms with E-state index in [0.29, 0.717) is 61.9 Å². The lowest BCUT2D eigenvalue weighted by Crippen LogP contribution is -2.58. The number of anilines is 1. The molecule has 32 heteroatoms. The predicted molar refractivity (Wildman–Crippen MR) is 502 cm³/mol. The molecule has 30 nitrogen and oxygen atoms in total. The molecule has 6 aromatic rings. The predicted octanol–water partition coefficient (Wildman–Crippen LogP) is 19.4. The van der Waals surface area contributed by atoms with Gasteiger partial charge in [0, 0.05) is 48.8 Å². The van der Waals surface area contributed by atoms with E-state index in [1.165, 1.54) is 236 Å². The Labute approximate surface area is 770 Å². The van der Waals surface area contributed by atoms with E-state index in [4.69, 9.17) is 47.3 Å². The van der Waals surface area contributed by atoms with Crippen molar-refractivity contribution in [2.24, 2.45) is 5.41 Å². The minimum atomic E-state index is -2.27. The van der Waals surface area contributed by atoms with Gasteiger partial charge in [-0.15, -0.1) is 0 Å². The molecule has 1 unspecified atom stereocenters. The van der Waals surface area contributed by atoms with Crippen LogP contribution in [0.15, 0.2) is 92.8 Å². The first-order chi connectivity index (χ1) is 63.3. The third kappa shape index (κ3) is 35.3. The summed E-state index contributed by atoms with van der Waals surface area (Å²) in [6.07, 6.45) is 48.2. The summed E-state index contributed by atoms with van der Waals surface area (Å²) < 4.78 is 60.0. The van der Waals surface area contributed by atoms with Gasteiger partial charge in [0.25, 0.3) is 24.3 Å². The van der Waals surface area contributed by atoms with Gasteiger partial charge in [0.1, 0.15) is 97.5 Å². The highest BCUT2D eigenvalue weighted by molar-refractivity contribution is 7.26. The Bertz CT molecular complexity index is 4660. The summed E-state index contributed by atoms with van der Waals surface area (Å²) in [6, 6.07) is 18.1. The van der Waals surface area contributed by atoms with Crippen LogP contribution in [-0.2, 0) is 48.1 Å². The fourth-order valence-electron chi connectivity index (χ4n) is 17.5. The summed E-state index contributed by atoms with van der Waals surface area (Å²) in [5.41, 5.74) is 2.38. The molecule has 3 fully saturated rings. The second-order valence-electron chi connectivity index (χ2n) is 35.3. The number of aromatic amines is 2. The molecule has 0 aliphatic carbocycles. The number of aliphatic carboxylic acids is 1. The second kappa shape index (κ2) is 60.3. The molecule has 7 heterocycles. The van der Waals surface area contributed by atoms with Crippen LogP contribution in [0, 0.1) is 41.9 Å². The molecule has 3 saturated heterocycles. The lowest BCUT2D eigenvalue weighted by atomic mass is 9.65. The monoisotopic (exact) mass is 1840 g/mol. The quantitative estimate of drug-likeness (QED) is 0.00894. The van der Waals surface area contributed by atoms with Crippen LogP contribution in [0.3, 0.4) is 0 Å². The number of carbonyl (C=O) groups excluding carboxylic acids is 2. The summed E-state index contributed by atoms with van der Waals surface area (Å²) in [5, 5.41) is 50.3. The van der Waals surface area contributed by atoms with Crippen molar-refractivity contribution < 1.29 is 71.3 Å². The van der Waals surface area contributed by atoms with Crippen LogP contribution >= 0.6 is 16.9 Å². The first-order valence-corrected chi connectivity index (χ1v) is 50.2. The van der Waals surface area contributed by atoms with Gasteiger partial charge in [0.05, 0.1) is 56.4 Å². The standard InChI is InChI=1S/C81H128N6O15P2.C17H17N5O4/c1-5-7-9-11-13-15-17-19-21-23-25-27-29-31-33-35-37-39-41-43-49-96-67-53-66(54-68(55-67)97-50-44-42-40-38-36-34-32-30-28-26-24-22-20-18-16-14-12-10-8-6-2)57-80(59-74(89)90,81(104-100-52-46-48-83)58-73(102-71(81)62-88)87-61-65(4)76(92)85-79(87)95)77(93)98-63-69-70(103-99-51-45-47-82)56-72(101-69)86-60-64(3)75(91)84-78(86)94;18-15-14-16(20-8-19-15)22(9-21-14)13-6-11(23)12(26-13)7-25-17(24)10-4-2-1-3-5-10/h53-55,60-61,69-73,88H,5-46,49-52,56-59,62-63H2,1-4H3,(H-2,84,85,89,90,91,92,94,95);1-5,8-9,11-13,23H,6-7H2,(H2,18,19,20)/p+2/t69-,70+,71-,72-,73-,80?,81-;11-,12+,13+/m10/s1. The minimum Gasteiger partial charge on any atom is -0.493 e. The lowest BCUT2D eigenvalue weighted by molar-refractivity contribution is -0.169. The molecule has 0 radical (unpaired) electrons. The number of carbonyl (C=O) groups is 3. The van der Waals surface area contributed by atoms with E-state index < -0.39 is 126 Å². The van der Waals surface area contributed by atoms with Crippen molar-refractivity contribution >= 4 is 51.8 Å².